The van der Waals surface area contributed by atoms with Crippen molar-refractivity contribution in [3.63, 3.8) is 0 Å². The molecule has 1 spiro atoms. The summed E-state index contributed by atoms with van der Waals surface area (Å²) in [5.74, 6) is -0.238. The highest BCUT2D eigenvalue weighted by atomic mass is 35.5. The van der Waals surface area contributed by atoms with Crippen molar-refractivity contribution < 1.29 is 13.2 Å². The zero-order valence-corrected chi connectivity index (χ0v) is 14.5. The van der Waals surface area contributed by atoms with E-state index in [0.717, 1.165) is 10.9 Å². The van der Waals surface area contributed by atoms with E-state index in [4.69, 9.17) is 16.9 Å². The van der Waals surface area contributed by atoms with E-state index >= 15 is 0 Å². The first-order chi connectivity index (χ1) is 12.3. The van der Waals surface area contributed by atoms with Crippen LogP contribution in [0.5, 0.6) is 0 Å². The first kappa shape index (κ1) is 15.6. The number of hydrogen-bond donors (Lipinski definition) is 3. The topological polar surface area (TPSA) is 132 Å². The number of carbonyl (C=O) groups is 1. The Morgan fingerprint density at radius 3 is 2.58 bits per heavy atom. The highest BCUT2D eigenvalue weighted by Crippen LogP contribution is 2.51. The van der Waals surface area contributed by atoms with Crippen LogP contribution in [0.4, 0.5) is 11.4 Å². The largest absolute Gasteiger partial charge is 0.322 e. The predicted molar refractivity (Wildman–Crippen MR) is 94.7 cm³/mol. The fourth-order valence-corrected chi connectivity index (χ4v) is 4.10. The van der Waals surface area contributed by atoms with Crippen LogP contribution in [0.3, 0.4) is 0 Å². The van der Waals surface area contributed by atoms with Crippen LogP contribution in [-0.2, 0) is 20.5 Å². The van der Waals surface area contributed by atoms with Gasteiger partial charge in [0.05, 0.1) is 22.3 Å². The summed E-state index contributed by atoms with van der Waals surface area (Å²) >= 11 is 6.04. The quantitative estimate of drug-likeness (QED) is 0.555. The molecule has 0 radical (unpaired) electrons. The molecule has 0 bridgehead atoms. The summed E-state index contributed by atoms with van der Waals surface area (Å²) in [4.78, 5) is 12.7. The molecule has 2 aromatic carbocycles. The van der Waals surface area contributed by atoms with Gasteiger partial charge in [0, 0.05) is 28.4 Å². The molecule has 9 nitrogen and oxygen atoms in total. The van der Waals surface area contributed by atoms with Crippen LogP contribution in [0.15, 0.2) is 47.5 Å². The van der Waals surface area contributed by atoms with Gasteiger partial charge in [-0.15, -0.1) is 0 Å². The number of rotatable bonds is 2. The summed E-state index contributed by atoms with van der Waals surface area (Å²) in [5, 5.41) is 14.4. The zero-order valence-electron chi connectivity index (χ0n) is 13.0. The number of halogens is 1. The van der Waals surface area contributed by atoms with E-state index in [-0.39, 0.29) is 10.8 Å². The van der Waals surface area contributed by atoms with Gasteiger partial charge in [-0.1, -0.05) is 0 Å². The Morgan fingerprint density at radius 1 is 1.15 bits per heavy atom. The number of nitrogens with one attached hydrogen (secondary N) is 2. The third kappa shape index (κ3) is 1.89. The summed E-state index contributed by atoms with van der Waals surface area (Å²) in [6.45, 7) is 0. The summed E-state index contributed by atoms with van der Waals surface area (Å²) in [7, 11) is -3.78. The van der Waals surface area contributed by atoms with Crippen molar-refractivity contribution in [2.24, 2.45) is 5.14 Å². The fourth-order valence-electron chi connectivity index (χ4n) is 3.39. The number of anilines is 2. The molecule has 0 aliphatic carbocycles. The Bertz CT molecular complexity index is 1210. The number of primary sulfonamides is 1. The van der Waals surface area contributed by atoms with Crippen molar-refractivity contribution in [3.05, 3.63) is 48.2 Å². The average molecular weight is 391 g/mol. The number of benzene rings is 2. The van der Waals surface area contributed by atoms with Crippen molar-refractivity contribution in [2.75, 3.05) is 10.3 Å². The van der Waals surface area contributed by atoms with Gasteiger partial charge in [-0.05, 0) is 36.4 Å². The Kier molecular flexibility index (Phi) is 2.84. The molecular formula is C15H11ClN6O3S. The van der Waals surface area contributed by atoms with Crippen molar-refractivity contribution in [1.82, 2.24) is 14.7 Å². The molecule has 1 unspecified atom stereocenters. The third-order valence-corrected chi connectivity index (χ3v) is 5.83. The first-order valence-corrected chi connectivity index (χ1v) is 9.40. The molecular weight excluding hydrogens is 380 g/mol. The highest BCUT2D eigenvalue weighted by Gasteiger charge is 2.65. The van der Waals surface area contributed by atoms with Crippen LogP contribution in [-0.4, -0.2) is 23.6 Å². The van der Waals surface area contributed by atoms with Crippen molar-refractivity contribution >= 4 is 50.0 Å². The third-order valence-electron chi connectivity index (χ3n) is 4.63. The second-order valence-corrected chi connectivity index (χ2v) is 7.96. The Morgan fingerprint density at radius 2 is 1.88 bits per heavy atom. The molecule has 11 heteroatoms. The molecule has 1 atom stereocenters. The molecule has 1 amide bonds. The van der Waals surface area contributed by atoms with Crippen molar-refractivity contribution in [2.45, 2.75) is 10.6 Å². The normalized spacial score (nSPS) is 21.3. The average Bonchev–Trinajstić information content (AvgIpc) is 3.15. The molecule has 132 valence electrons. The molecule has 1 saturated heterocycles. The maximum absolute atomic E-state index is 12.7. The van der Waals surface area contributed by atoms with Crippen LogP contribution in [0.1, 0.15) is 5.56 Å². The number of hydrogen-bond acceptors (Lipinski definition) is 6. The zero-order chi connectivity index (χ0) is 18.3. The van der Waals surface area contributed by atoms with Gasteiger partial charge in [0.25, 0.3) is 5.91 Å². The van der Waals surface area contributed by atoms with Crippen LogP contribution in [0.2, 0.25) is 0 Å². The smallest absolute Gasteiger partial charge is 0.273 e. The minimum absolute atomic E-state index is 0.000713. The Labute approximate surface area is 152 Å². The van der Waals surface area contributed by atoms with E-state index < -0.39 is 15.7 Å². The number of carbonyl (C=O) groups excluding carboxylic acids is 1. The molecule has 2 aliphatic heterocycles. The monoisotopic (exact) mass is 390 g/mol. The second-order valence-electron chi connectivity index (χ2n) is 6.08. The van der Waals surface area contributed by atoms with E-state index in [1.165, 1.54) is 16.3 Å². The van der Waals surface area contributed by atoms with Gasteiger partial charge in [0.15, 0.2) is 0 Å². The Balaban J connectivity index is 1.63. The molecule has 3 heterocycles. The van der Waals surface area contributed by atoms with E-state index in [1.54, 1.807) is 35.5 Å². The molecule has 26 heavy (non-hydrogen) atoms. The SMILES string of the molecule is NS(=O)(=O)c1ccc(N2NC23C(=O)Nc2ccc4c(cnn4Cl)c23)cc1. The Hall–Kier alpha value is -2.66. The number of nitrogens with zero attached hydrogens (tertiary/aromatic N) is 3. The minimum Gasteiger partial charge on any atom is -0.322 e. The van der Waals surface area contributed by atoms with Gasteiger partial charge < -0.3 is 5.32 Å². The van der Waals surface area contributed by atoms with Crippen LogP contribution in [0, 0.1) is 0 Å². The van der Waals surface area contributed by atoms with E-state index in [0.29, 0.717) is 16.9 Å². The molecule has 5 rings (SSSR count). The van der Waals surface area contributed by atoms with Gasteiger partial charge in [-0.3, -0.25) is 9.80 Å². The molecule has 1 aromatic heterocycles. The predicted octanol–water partition coefficient (Wildman–Crippen LogP) is 0.815. The van der Waals surface area contributed by atoms with E-state index in [2.05, 4.69) is 15.8 Å². The van der Waals surface area contributed by atoms with Crippen molar-refractivity contribution in [1.29, 1.82) is 0 Å². The van der Waals surface area contributed by atoms with Gasteiger partial charge in [-0.2, -0.15) is 14.7 Å². The number of hydrazine groups is 1. The van der Waals surface area contributed by atoms with Gasteiger partial charge in [-0.25, -0.2) is 13.6 Å². The lowest BCUT2D eigenvalue weighted by atomic mass is 10.0. The molecule has 0 saturated carbocycles. The van der Waals surface area contributed by atoms with Gasteiger partial charge >= 0.3 is 0 Å². The molecule has 3 aromatic rings. The van der Waals surface area contributed by atoms with Gasteiger partial charge in [0.1, 0.15) is 0 Å². The van der Waals surface area contributed by atoms with E-state index in [9.17, 15) is 13.2 Å². The highest BCUT2D eigenvalue weighted by molar-refractivity contribution is 7.89. The lowest BCUT2D eigenvalue weighted by molar-refractivity contribution is -0.118. The second kappa shape index (κ2) is 4.74. The molecule has 4 N–H and O–H groups in total. The number of amides is 1. The number of nitrogens with two attached hydrogens (primary N) is 1. The maximum atomic E-state index is 12.7. The lowest BCUT2D eigenvalue weighted by Crippen LogP contribution is -2.26. The summed E-state index contributed by atoms with van der Waals surface area (Å²) in [6.07, 6.45) is 1.60. The van der Waals surface area contributed by atoms with Gasteiger partial charge in [0.2, 0.25) is 15.7 Å². The van der Waals surface area contributed by atoms with Crippen molar-refractivity contribution in [3.8, 4) is 0 Å². The lowest BCUT2D eigenvalue weighted by Gasteiger charge is -2.09. The first-order valence-electron chi connectivity index (χ1n) is 7.52. The number of aromatic nitrogens is 2. The molecule has 1 fully saturated rings. The summed E-state index contributed by atoms with van der Waals surface area (Å²) in [6, 6.07) is 9.50. The minimum atomic E-state index is -3.78. The summed E-state index contributed by atoms with van der Waals surface area (Å²) in [5.41, 5.74) is 4.70. The standard InChI is InChI=1S/C15H11ClN6O3S/c16-22-12-6-5-11-13(10(12)7-18-22)15(14(23)19-11)20-21(15)8-1-3-9(4-2-8)26(17,24)25/h1-7,20H,(H,19,23)(H2,17,24,25). The van der Waals surface area contributed by atoms with Crippen LogP contribution < -0.4 is 20.9 Å². The van der Waals surface area contributed by atoms with E-state index in [1.807, 2.05) is 0 Å². The fraction of sp³-hybridized carbons (Fsp3) is 0.0667. The molecule has 2 aliphatic rings. The number of fused-ring (bicyclic) bond motifs is 4. The van der Waals surface area contributed by atoms with Crippen LogP contribution in [0.25, 0.3) is 10.9 Å². The maximum Gasteiger partial charge on any atom is 0.273 e. The summed E-state index contributed by atoms with van der Waals surface area (Å²) < 4.78 is 24.0. The van der Waals surface area contributed by atoms with Crippen LogP contribution >= 0.6 is 11.8 Å². The number of sulfonamides is 1.